The summed E-state index contributed by atoms with van der Waals surface area (Å²) in [5, 5.41) is 0. The van der Waals surface area contributed by atoms with E-state index in [9.17, 15) is 0 Å². The van der Waals surface area contributed by atoms with Crippen LogP contribution in [-0.2, 0) is 0 Å². The maximum atomic E-state index is 6.28. The van der Waals surface area contributed by atoms with E-state index in [0.717, 1.165) is 29.9 Å². The third-order valence-electron chi connectivity index (χ3n) is 4.34. The van der Waals surface area contributed by atoms with Crippen LogP contribution < -0.4 is 10.5 Å². The molecule has 1 aliphatic carbocycles. The second-order valence-electron chi connectivity index (χ2n) is 5.99. The fourth-order valence-electron chi connectivity index (χ4n) is 3.34. The molecule has 0 bridgehead atoms. The smallest absolute Gasteiger partial charge is 0.121 e. The van der Waals surface area contributed by atoms with Crippen molar-refractivity contribution in [2.45, 2.75) is 51.1 Å². The van der Waals surface area contributed by atoms with Gasteiger partial charge in [-0.25, -0.2) is 4.98 Å². The van der Waals surface area contributed by atoms with Crippen molar-refractivity contribution < 1.29 is 4.74 Å². The third kappa shape index (κ3) is 2.08. The number of ether oxygens (including phenoxy) is 1. The first kappa shape index (κ1) is 13.4. The fraction of sp³-hybridized carbons (Fsp3) is 0.562. The number of imidazole rings is 1. The van der Waals surface area contributed by atoms with Crippen LogP contribution >= 0.6 is 0 Å². The Labute approximate surface area is 119 Å². The van der Waals surface area contributed by atoms with Gasteiger partial charge in [0.25, 0.3) is 0 Å². The minimum Gasteiger partial charge on any atom is -0.497 e. The van der Waals surface area contributed by atoms with Gasteiger partial charge in [-0.1, -0.05) is 6.42 Å². The Morgan fingerprint density at radius 2 is 2.15 bits per heavy atom. The molecule has 0 saturated heterocycles. The Morgan fingerprint density at radius 3 is 2.75 bits per heavy atom. The average Bonchev–Trinajstić information content (AvgIpc) is 3.00. The fourth-order valence-corrected chi connectivity index (χ4v) is 3.34. The molecule has 20 heavy (non-hydrogen) atoms. The zero-order valence-corrected chi connectivity index (χ0v) is 12.5. The zero-order valence-electron chi connectivity index (χ0n) is 12.5. The van der Waals surface area contributed by atoms with Gasteiger partial charge in [0.1, 0.15) is 11.6 Å². The zero-order chi connectivity index (χ0) is 14.3. The van der Waals surface area contributed by atoms with Crippen molar-refractivity contribution in [3.8, 4) is 5.75 Å². The average molecular weight is 273 g/mol. The van der Waals surface area contributed by atoms with E-state index in [4.69, 9.17) is 15.5 Å². The molecule has 4 heteroatoms. The number of fused-ring (bicyclic) bond motifs is 1. The molecular formula is C16H23N3O. The van der Waals surface area contributed by atoms with Crippen molar-refractivity contribution in [3.63, 3.8) is 0 Å². The number of rotatable bonds is 3. The van der Waals surface area contributed by atoms with Gasteiger partial charge >= 0.3 is 0 Å². The number of benzene rings is 1. The summed E-state index contributed by atoms with van der Waals surface area (Å²) >= 11 is 0. The molecule has 2 aromatic rings. The molecule has 2 unspecified atom stereocenters. The Balaban J connectivity index is 2.17. The van der Waals surface area contributed by atoms with E-state index in [-0.39, 0.29) is 6.04 Å². The lowest BCUT2D eigenvalue weighted by molar-refractivity contribution is 0.415. The molecule has 1 heterocycles. The standard InChI is InChI=1S/C16H23N3O/c1-10(2)19-15-8-7-11(20-3)9-14(15)18-16(19)12-5-4-6-13(12)17/h7-10,12-13H,4-6,17H2,1-3H3. The highest BCUT2D eigenvalue weighted by atomic mass is 16.5. The van der Waals surface area contributed by atoms with Crippen LogP contribution in [0.2, 0.25) is 0 Å². The molecule has 0 aliphatic heterocycles. The summed E-state index contributed by atoms with van der Waals surface area (Å²) in [5.74, 6) is 2.39. The Hall–Kier alpha value is -1.55. The largest absolute Gasteiger partial charge is 0.497 e. The second kappa shape index (κ2) is 5.09. The number of nitrogens with zero attached hydrogens (tertiary/aromatic N) is 2. The van der Waals surface area contributed by atoms with Crippen LogP contribution in [-0.4, -0.2) is 22.7 Å². The first-order valence-corrected chi connectivity index (χ1v) is 7.43. The number of nitrogens with two attached hydrogens (primary N) is 1. The first-order chi connectivity index (χ1) is 9.61. The summed E-state index contributed by atoms with van der Waals surface area (Å²) in [7, 11) is 1.69. The Morgan fingerprint density at radius 1 is 1.35 bits per heavy atom. The van der Waals surface area contributed by atoms with Crippen molar-refractivity contribution in [1.29, 1.82) is 0 Å². The molecule has 1 saturated carbocycles. The maximum absolute atomic E-state index is 6.28. The first-order valence-electron chi connectivity index (χ1n) is 7.43. The normalized spacial score (nSPS) is 22.9. The summed E-state index contributed by atoms with van der Waals surface area (Å²) in [6.45, 7) is 4.41. The van der Waals surface area contributed by atoms with Gasteiger partial charge in [0.05, 0.1) is 18.1 Å². The van der Waals surface area contributed by atoms with Crippen molar-refractivity contribution in [2.24, 2.45) is 5.73 Å². The molecule has 0 radical (unpaired) electrons. The van der Waals surface area contributed by atoms with E-state index in [2.05, 4.69) is 24.5 Å². The van der Waals surface area contributed by atoms with E-state index >= 15 is 0 Å². The van der Waals surface area contributed by atoms with Gasteiger partial charge in [0, 0.05) is 24.1 Å². The van der Waals surface area contributed by atoms with E-state index in [0.29, 0.717) is 12.0 Å². The summed E-state index contributed by atoms with van der Waals surface area (Å²) < 4.78 is 7.64. The van der Waals surface area contributed by atoms with Crippen LogP contribution in [0.3, 0.4) is 0 Å². The van der Waals surface area contributed by atoms with Gasteiger partial charge in [-0.3, -0.25) is 0 Å². The summed E-state index contributed by atoms with van der Waals surface area (Å²) in [6, 6.07) is 6.74. The quantitative estimate of drug-likeness (QED) is 0.934. The molecule has 1 aliphatic rings. The summed E-state index contributed by atoms with van der Waals surface area (Å²) in [5.41, 5.74) is 8.46. The van der Waals surface area contributed by atoms with Crippen LogP contribution in [0.4, 0.5) is 0 Å². The van der Waals surface area contributed by atoms with E-state index in [1.165, 1.54) is 11.9 Å². The number of methoxy groups -OCH3 is 1. The minimum absolute atomic E-state index is 0.242. The molecule has 2 N–H and O–H groups in total. The van der Waals surface area contributed by atoms with Gasteiger partial charge in [0.2, 0.25) is 0 Å². The molecule has 108 valence electrons. The van der Waals surface area contributed by atoms with Crippen LogP contribution in [0.5, 0.6) is 5.75 Å². The molecule has 1 aromatic heterocycles. The van der Waals surface area contributed by atoms with Gasteiger partial charge in [0.15, 0.2) is 0 Å². The lowest BCUT2D eigenvalue weighted by Crippen LogP contribution is -2.25. The number of hydrogen-bond donors (Lipinski definition) is 1. The van der Waals surface area contributed by atoms with Gasteiger partial charge < -0.3 is 15.0 Å². The molecular weight excluding hydrogens is 250 g/mol. The highest BCUT2D eigenvalue weighted by molar-refractivity contribution is 5.78. The molecule has 2 atom stereocenters. The summed E-state index contributed by atoms with van der Waals surface area (Å²) in [6.07, 6.45) is 3.46. The predicted molar refractivity (Wildman–Crippen MR) is 81.2 cm³/mol. The Bertz CT molecular complexity index is 617. The maximum Gasteiger partial charge on any atom is 0.121 e. The van der Waals surface area contributed by atoms with Crippen molar-refractivity contribution in [3.05, 3.63) is 24.0 Å². The molecule has 3 rings (SSSR count). The van der Waals surface area contributed by atoms with E-state index in [1.807, 2.05) is 12.1 Å². The number of hydrogen-bond acceptors (Lipinski definition) is 3. The van der Waals surface area contributed by atoms with Gasteiger partial charge in [-0.05, 0) is 38.8 Å². The lowest BCUT2D eigenvalue weighted by atomic mass is 10.0. The second-order valence-corrected chi connectivity index (χ2v) is 5.99. The van der Waals surface area contributed by atoms with Crippen LogP contribution in [0.25, 0.3) is 11.0 Å². The van der Waals surface area contributed by atoms with E-state index in [1.54, 1.807) is 7.11 Å². The Kier molecular flexibility index (Phi) is 3.42. The van der Waals surface area contributed by atoms with E-state index < -0.39 is 0 Å². The molecule has 4 nitrogen and oxygen atoms in total. The predicted octanol–water partition coefficient (Wildman–Crippen LogP) is 3.22. The molecule has 1 aromatic carbocycles. The minimum atomic E-state index is 0.242. The van der Waals surface area contributed by atoms with Gasteiger partial charge in [-0.2, -0.15) is 0 Å². The van der Waals surface area contributed by atoms with Crippen molar-refractivity contribution in [2.75, 3.05) is 7.11 Å². The number of aromatic nitrogens is 2. The molecule has 0 spiro atoms. The van der Waals surface area contributed by atoms with Gasteiger partial charge in [-0.15, -0.1) is 0 Å². The topological polar surface area (TPSA) is 53.1 Å². The van der Waals surface area contributed by atoms with Crippen LogP contribution in [0.1, 0.15) is 50.9 Å². The highest BCUT2D eigenvalue weighted by Gasteiger charge is 2.30. The summed E-state index contributed by atoms with van der Waals surface area (Å²) in [4.78, 5) is 4.88. The SMILES string of the molecule is COc1ccc2c(c1)nc(C1CCCC1N)n2C(C)C. The molecule has 0 amide bonds. The van der Waals surface area contributed by atoms with Crippen LogP contribution in [0, 0.1) is 0 Å². The highest BCUT2D eigenvalue weighted by Crippen LogP contribution is 2.36. The van der Waals surface area contributed by atoms with Crippen LogP contribution in [0.15, 0.2) is 18.2 Å². The molecule has 1 fully saturated rings. The third-order valence-corrected chi connectivity index (χ3v) is 4.34. The van der Waals surface area contributed by atoms with Crippen molar-refractivity contribution >= 4 is 11.0 Å². The van der Waals surface area contributed by atoms with Crippen molar-refractivity contribution in [1.82, 2.24) is 9.55 Å². The monoisotopic (exact) mass is 273 g/mol. The lowest BCUT2D eigenvalue weighted by Gasteiger charge is -2.19.